The number of hydrogen-bond donors (Lipinski definition) is 1. The Kier molecular flexibility index (Phi) is 5.41. The molecule has 2 rings (SSSR count). The van der Waals surface area contributed by atoms with Gasteiger partial charge >= 0.3 is 0 Å². The number of nitrogens with one attached hydrogen (secondary N) is 1. The summed E-state index contributed by atoms with van der Waals surface area (Å²) in [7, 11) is 3.11. The average molecular weight is 311 g/mol. The van der Waals surface area contributed by atoms with Gasteiger partial charge in [-0.2, -0.15) is 0 Å². The highest BCUT2D eigenvalue weighted by atomic mass is 16.5. The van der Waals surface area contributed by atoms with Crippen LogP contribution in [0.2, 0.25) is 0 Å². The van der Waals surface area contributed by atoms with E-state index in [1.165, 1.54) is 11.6 Å². The van der Waals surface area contributed by atoms with Crippen molar-refractivity contribution in [2.45, 2.75) is 13.8 Å². The highest BCUT2D eigenvalue weighted by Gasteiger charge is 2.08. The summed E-state index contributed by atoms with van der Waals surface area (Å²) in [4.78, 5) is 12.2. The lowest BCUT2D eigenvalue weighted by Gasteiger charge is -2.09. The molecule has 120 valence electrons. The average Bonchev–Trinajstić information content (AvgIpc) is 2.57. The Bertz CT molecular complexity index is 735. The van der Waals surface area contributed by atoms with E-state index < -0.39 is 0 Å². The third-order valence-electron chi connectivity index (χ3n) is 3.75. The van der Waals surface area contributed by atoms with E-state index in [0.717, 1.165) is 11.3 Å². The molecule has 0 saturated heterocycles. The van der Waals surface area contributed by atoms with E-state index in [-0.39, 0.29) is 5.78 Å². The molecular weight excluding hydrogens is 290 g/mol. The Labute approximate surface area is 136 Å². The normalized spacial score (nSPS) is 10.6. The van der Waals surface area contributed by atoms with E-state index in [1.807, 2.05) is 19.1 Å². The van der Waals surface area contributed by atoms with E-state index in [1.54, 1.807) is 38.6 Å². The Balaban J connectivity index is 2.11. The van der Waals surface area contributed by atoms with Crippen molar-refractivity contribution in [1.82, 2.24) is 0 Å². The van der Waals surface area contributed by atoms with Crippen LogP contribution in [0.25, 0.3) is 0 Å². The van der Waals surface area contributed by atoms with Gasteiger partial charge in [0.05, 0.1) is 14.2 Å². The largest absolute Gasteiger partial charge is 0.493 e. The molecule has 0 unspecified atom stereocenters. The molecule has 0 fully saturated rings. The van der Waals surface area contributed by atoms with Crippen LogP contribution in [-0.4, -0.2) is 20.0 Å². The molecule has 0 aromatic heterocycles. The zero-order valence-corrected chi connectivity index (χ0v) is 13.8. The van der Waals surface area contributed by atoms with Gasteiger partial charge in [-0.25, -0.2) is 0 Å². The van der Waals surface area contributed by atoms with Gasteiger partial charge in [0.15, 0.2) is 17.3 Å². The number of hydrogen-bond acceptors (Lipinski definition) is 4. The number of methoxy groups -OCH3 is 2. The summed E-state index contributed by atoms with van der Waals surface area (Å²) in [5, 5.41) is 3.15. The second-order valence-electron chi connectivity index (χ2n) is 5.16. The number of carbonyl (C=O) groups is 1. The number of carbonyl (C=O) groups excluding carboxylic acids is 1. The van der Waals surface area contributed by atoms with Crippen molar-refractivity contribution in [3.05, 3.63) is 65.4 Å². The third-order valence-corrected chi connectivity index (χ3v) is 3.75. The first-order valence-corrected chi connectivity index (χ1v) is 7.32. The van der Waals surface area contributed by atoms with Crippen molar-refractivity contribution in [2.24, 2.45) is 0 Å². The van der Waals surface area contributed by atoms with Gasteiger partial charge in [-0.3, -0.25) is 4.79 Å². The molecule has 0 atom stereocenters. The molecule has 0 bridgehead atoms. The monoisotopic (exact) mass is 311 g/mol. The summed E-state index contributed by atoms with van der Waals surface area (Å²) in [6.07, 6.45) is 3.16. The van der Waals surface area contributed by atoms with Crippen molar-refractivity contribution < 1.29 is 14.3 Å². The number of rotatable bonds is 6. The van der Waals surface area contributed by atoms with Crippen LogP contribution in [0, 0.1) is 13.8 Å². The topological polar surface area (TPSA) is 47.6 Å². The summed E-state index contributed by atoms with van der Waals surface area (Å²) in [5.41, 5.74) is 3.90. The van der Waals surface area contributed by atoms with E-state index in [9.17, 15) is 4.79 Å². The molecular formula is C19H21NO3. The summed E-state index contributed by atoms with van der Waals surface area (Å²) in [5.74, 6) is 1.03. The van der Waals surface area contributed by atoms with Crippen LogP contribution in [0.15, 0.2) is 48.7 Å². The van der Waals surface area contributed by atoms with Crippen molar-refractivity contribution in [3.63, 3.8) is 0 Å². The Morgan fingerprint density at radius 2 is 1.78 bits per heavy atom. The second kappa shape index (κ2) is 7.49. The lowest BCUT2D eigenvalue weighted by molar-refractivity contribution is 0.104. The number of ketones is 1. The fourth-order valence-electron chi connectivity index (χ4n) is 2.20. The molecule has 2 aromatic carbocycles. The molecule has 0 aliphatic carbocycles. The molecule has 1 N–H and O–H groups in total. The van der Waals surface area contributed by atoms with Gasteiger partial charge in [0.2, 0.25) is 0 Å². The zero-order valence-electron chi connectivity index (χ0n) is 13.8. The molecule has 2 aromatic rings. The van der Waals surface area contributed by atoms with E-state index in [4.69, 9.17) is 9.47 Å². The van der Waals surface area contributed by atoms with E-state index >= 15 is 0 Å². The van der Waals surface area contributed by atoms with E-state index in [0.29, 0.717) is 17.1 Å². The van der Waals surface area contributed by atoms with Crippen molar-refractivity contribution >= 4 is 11.5 Å². The number of anilines is 1. The van der Waals surface area contributed by atoms with Gasteiger partial charge in [-0.1, -0.05) is 12.1 Å². The molecule has 0 heterocycles. The summed E-state index contributed by atoms with van der Waals surface area (Å²) in [6, 6.07) is 11.1. The van der Waals surface area contributed by atoms with Crippen LogP contribution in [0.5, 0.6) is 11.5 Å². The molecule has 23 heavy (non-hydrogen) atoms. The Hall–Kier alpha value is -2.75. The number of benzene rings is 2. The van der Waals surface area contributed by atoms with Gasteiger partial charge in [0.25, 0.3) is 0 Å². The highest BCUT2D eigenvalue weighted by Crippen LogP contribution is 2.27. The minimum Gasteiger partial charge on any atom is -0.493 e. The number of allylic oxidation sites excluding steroid dienone is 1. The van der Waals surface area contributed by atoms with Gasteiger partial charge in [0.1, 0.15) is 0 Å². The molecule has 0 aliphatic heterocycles. The number of aryl methyl sites for hydroxylation is 1. The summed E-state index contributed by atoms with van der Waals surface area (Å²) in [6.45, 7) is 4.10. The molecule has 0 aliphatic rings. The summed E-state index contributed by atoms with van der Waals surface area (Å²) >= 11 is 0. The van der Waals surface area contributed by atoms with Crippen molar-refractivity contribution in [2.75, 3.05) is 19.5 Å². The van der Waals surface area contributed by atoms with Gasteiger partial charge in [-0.15, -0.1) is 0 Å². The molecule has 4 nitrogen and oxygen atoms in total. The number of ether oxygens (including phenoxy) is 2. The standard InChI is InChI=1S/C19H21NO3/c1-13-6-5-7-16(14(13)2)20-11-10-17(21)15-8-9-18(22-3)19(12-15)23-4/h5-12,20H,1-4H3/b11-10-. The van der Waals surface area contributed by atoms with Gasteiger partial charge < -0.3 is 14.8 Å². The molecule has 0 saturated carbocycles. The Morgan fingerprint density at radius 1 is 1.04 bits per heavy atom. The molecule has 0 spiro atoms. The minimum absolute atomic E-state index is 0.108. The van der Waals surface area contributed by atoms with Gasteiger partial charge in [-0.05, 0) is 49.2 Å². The first-order valence-electron chi connectivity index (χ1n) is 7.32. The maximum Gasteiger partial charge on any atom is 0.187 e. The van der Waals surface area contributed by atoms with Gasteiger partial charge in [0, 0.05) is 23.5 Å². The van der Waals surface area contributed by atoms with Crippen LogP contribution in [0.1, 0.15) is 21.5 Å². The maximum atomic E-state index is 12.2. The lowest BCUT2D eigenvalue weighted by atomic mass is 10.1. The third kappa shape index (κ3) is 3.92. The van der Waals surface area contributed by atoms with Crippen LogP contribution in [0.4, 0.5) is 5.69 Å². The van der Waals surface area contributed by atoms with Crippen LogP contribution >= 0.6 is 0 Å². The van der Waals surface area contributed by atoms with E-state index in [2.05, 4.69) is 18.3 Å². The summed E-state index contributed by atoms with van der Waals surface area (Å²) < 4.78 is 10.4. The minimum atomic E-state index is -0.108. The predicted molar refractivity (Wildman–Crippen MR) is 92.6 cm³/mol. The highest BCUT2D eigenvalue weighted by molar-refractivity contribution is 6.05. The first-order chi connectivity index (χ1) is 11.1. The SMILES string of the molecule is COc1ccc(C(=O)/C=C\Nc2cccc(C)c2C)cc1OC. The fraction of sp³-hybridized carbons (Fsp3) is 0.211. The predicted octanol–water partition coefficient (Wildman–Crippen LogP) is 4.13. The maximum absolute atomic E-state index is 12.2. The molecule has 0 amide bonds. The fourth-order valence-corrected chi connectivity index (χ4v) is 2.20. The smallest absolute Gasteiger partial charge is 0.187 e. The van der Waals surface area contributed by atoms with Crippen molar-refractivity contribution in [3.8, 4) is 11.5 Å². The Morgan fingerprint density at radius 3 is 2.48 bits per heavy atom. The quantitative estimate of drug-likeness (QED) is 0.643. The lowest BCUT2D eigenvalue weighted by Crippen LogP contribution is -1.99. The second-order valence-corrected chi connectivity index (χ2v) is 5.16. The van der Waals surface area contributed by atoms with Crippen LogP contribution < -0.4 is 14.8 Å². The van der Waals surface area contributed by atoms with Crippen LogP contribution in [-0.2, 0) is 0 Å². The molecule has 0 radical (unpaired) electrons. The zero-order chi connectivity index (χ0) is 16.8. The van der Waals surface area contributed by atoms with Crippen LogP contribution in [0.3, 0.4) is 0 Å². The first kappa shape index (κ1) is 16.6. The van der Waals surface area contributed by atoms with Crippen molar-refractivity contribution in [1.29, 1.82) is 0 Å². The molecule has 4 heteroatoms.